The summed E-state index contributed by atoms with van der Waals surface area (Å²) in [6, 6.07) is 2.19. The molecule has 0 spiro atoms. The van der Waals surface area contributed by atoms with E-state index in [1.165, 1.54) is 0 Å². The van der Waals surface area contributed by atoms with E-state index in [4.69, 9.17) is 5.73 Å². The average Bonchev–Trinajstić information content (AvgIpc) is 2.97. The smallest absolute Gasteiger partial charge is 0.269 e. The third kappa shape index (κ3) is 1.61. The van der Waals surface area contributed by atoms with Crippen LogP contribution in [0.15, 0.2) is 18.5 Å². The second-order valence-corrected chi connectivity index (χ2v) is 4.28. The van der Waals surface area contributed by atoms with Crippen LogP contribution in [0.5, 0.6) is 0 Å². The first-order valence-electron chi connectivity index (χ1n) is 5.60. The predicted molar refractivity (Wildman–Crippen MR) is 60.4 cm³/mol. The Morgan fingerprint density at radius 1 is 1.59 bits per heavy atom. The highest BCUT2D eigenvalue weighted by Gasteiger charge is 2.26. The first-order chi connectivity index (χ1) is 8.25. The Morgan fingerprint density at radius 2 is 2.47 bits per heavy atom. The largest absolute Gasteiger partial charge is 0.364 e. The Morgan fingerprint density at radius 3 is 3.18 bits per heavy atom. The van der Waals surface area contributed by atoms with E-state index in [2.05, 4.69) is 15.3 Å². The summed E-state index contributed by atoms with van der Waals surface area (Å²) in [6.07, 6.45) is 6.33. The molecule has 0 saturated heterocycles. The molecule has 1 aliphatic carbocycles. The molecule has 0 radical (unpaired) electrons. The van der Waals surface area contributed by atoms with E-state index in [0.717, 1.165) is 30.5 Å². The van der Waals surface area contributed by atoms with Crippen LogP contribution < -0.4 is 5.73 Å². The maximum atomic E-state index is 11.2. The van der Waals surface area contributed by atoms with Gasteiger partial charge in [-0.1, -0.05) is 0 Å². The van der Waals surface area contributed by atoms with Gasteiger partial charge >= 0.3 is 0 Å². The van der Waals surface area contributed by atoms with Gasteiger partial charge in [-0.25, -0.2) is 0 Å². The van der Waals surface area contributed by atoms with Crippen molar-refractivity contribution in [1.29, 1.82) is 0 Å². The summed E-state index contributed by atoms with van der Waals surface area (Å²) < 4.78 is 1.93. The molecule has 1 aliphatic rings. The monoisotopic (exact) mass is 231 g/mol. The van der Waals surface area contributed by atoms with Gasteiger partial charge in [-0.05, 0) is 25.3 Å². The van der Waals surface area contributed by atoms with Crippen molar-refractivity contribution in [2.24, 2.45) is 5.73 Å². The zero-order valence-corrected chi connectivity index (χ0v) is 9.26. The lowest BCUT2D eigenvalue weighted by atomic mass is 9.91. The van der Waals surface area contributed by atoms with Crippen molar-refractivity contribution in [2.45, 2.75) is 25.3 Å². The molecule has 0 aliphatic heterocycles. The summed E-state index contributed by atoms with van der Waals surface area (Å²) in [5.74, 6) is -0.469. The first kappa shape index (κ1) is 10.1. The van der Waals surface area contributed by atoms with Crippen LogP contribution >= 0.6 is 0 Å². The van der Waals surface area contributed by atoms with E-state index in [9.17, 15) is 4.79 Å². The lowest BCUT2D eigenvalue weighted by Gasteiger charge is -2.22. The number of nitrogens with two attached hydrogens (primary N) is 1. The van der Waals surface area contributed by atoms with Crippen LogP contribution in [0.3, 0.4) is 0 Å². The summed E-state index contributed by atoms with van der Waals surface area (Å²) in [7, 11) is 0. The molecule has 2 heterocycles. The number of nitrogens with one attached hydrogen (secondary N) is 1. The summed E-state index contributed by atoms with van der Waals surface area (Å²) in [5.41, 5.74) is 7.65. The van der Waals surface area contributed by atoms with Crippen molar-refractivity contribution in [3.63, 3.8) is 0 Å². The second-order valence-electron chi connectivity index (χ2n) is 4.28. The Balaban J connectivity index is 1.94. The fourth-order valence-electron chi connectivity index (χ4n) is 2.40. The molecular weight excluding hydrogens is 218 g/mol. The number of rotatable bonds is 2. The number of aromatic amines is 1. The van der Waals surface area contributed by atoms with Crippen molar-refractivity contribution < 1.29 is 4.79 Å². The molecule has 6 heteroatoms. The number of amides is 1. The van der Waals surface area contributed by atoms with Crippen molar-refractivity contribution in [1.82, 2.24) is 20.0 Å². The van der Waals surface area contributed by atoms with Gasteiger partial charge < -0.3 is 5.73 Å². The van der Waals surface area contributed by atoms with E-state index in [0.29, 0.717) is 5.69 Å². The molecule has 0 fully saturated rings. The van der Waals surface area contributed by atoms with Gasteiger partial charge in [0, 0.05) is 23.7 Å². The van der Waals surface area contributed by atoms with E-state index >= 15 is 0 Å². The second kappa shape index (κ2) is 3.73. The highest BCUT2D eigenvalue weighted by Crippen LogP contribution is 2.28. The normalized spacial score (nSPS) is 18.9. The standard InChI is InChI=1S/C11H13N5O/c12-11(17)10-8-6-7(16-5-1-4-13-16)2-3-9(8)14-15-10/h1,4-5,7H,2-3,6H2,(H2,12,17)(H,14,15). The van der Waals surface area contributed by atoms with Gasteiger partial charge in [-0.15, -0.1) is 0 Å². The topological polar surface area (TPSA) is 89.6 Å². The average molecular weight is 231 g/mol. The molecule has 6 nitrogen and oxygen atoms in total. The third-order valence-electron chi connectivity index (χ3n) is 3.25. The summed E-state index contributed by atoms with van der Waals surface area (Å²) in [4.78, 5) is 11.2. The Hall–Kier alpha value is -2.11. The Kier molecular flexibility index (Phi) is 2.21. The number of hydrogen-bond donors (Lipinski definition) is 2. The molecule has 0 saturated carbocycles. The number of H-pyrrole nitrogens is 1. The number of carbonyl (C=O) groups excluding carboxylic acids is 1. The number of primary amides is 1. The van der Waals surface area contributed by atoms with E-state index in [1.54, 1.807) is 6.20 Å². The molecule has 0 aromatic carbocycles. The van der Waals surface area contributed by atoms with E-state index in [1.807, 2.05) is 16.9 Å². The molecule has 3 rings (SSSR count). The number of carbonyl (C=O) groups is 1. The minimum Gasteiger partial charge on any atom is -0.364 e. The van der Waals surface area contributed by atoms with Crippen LogP contribution in [0.4, 0.5) is 0 Å². The lowest BCUT2D eigenvalue weighted by Crippen LogP contribution is -2.21. The number of aryl methyl sites for hydroxylation is 1. The molecule has 1 atom stereocenters. The van der Waals surface area contributed by atoms with Gasteiger partial charge in [0.25, 0.3) is 5.91 Å². The van der Waals surface area contributed by atoms with Gasteiger partial charge in [0.05, 0.1) is 6.04 Å². The fraction of sp³-hybridized carbons (Fsp3) is 0.364. The molecule has 2 aromatic rings. The van der Waals surface area contributed by atoms with Crippen molar-refractivity contribution in [2.75, 3.05) is 0 Å². The molecule has 1 unspecified atom stereocenters. The molecular formula is C11H13N5O. The molecule has 3 N–H and O–H groups in total. The minimum absolute atomic E-state index is 0.285. The maximum absolute atomic E-state index is 11.2. The molecule has 1 amide bonds. The number of aromatic nitrogens is 4. The van der Waals surface area contributed by atoms with Crippen LogP contribution in [0.2, 0.25) is 0 Å². The summed E-state index contributed by atoms with van der Waals surface area (Å²) in [6.45, 7) is 0. The zero-order valence-electron chi connectivity index (χ0n) is 9.26. The Labute approximate surface area is 97.8 Å². The van der Waals surface area contributed by atoms with Gasteiger partial charge in [-0.2, -0.15) is 10.2 Å². The van der Waals surface area contributed by atoms with Crippen LogP contribution in [-0.2, 0) is 12.8 Å². The van der Waals surface area contributed by atoms with Crippen LogP contribution in [0.1, 0.15) is 34.2 Å². The van der Waals surface area contributed by atoms with Crippen molar-refractivity contribution in [3.05, 3.63) is 35.4 Å². The van der Waals surface area contributed by atoms with Crippen molar-refractivity contribution in [3.8, 4) is 0 Å². The van der Waals surface area contributed by atoms with Gasteiger partial charge in [0.1, 0.15) is 0 Å². The minimum atomic E-state index is -0.469. The third-order valence-corrected chi connectivity index (χ3v) is 3.25. The van der Waals surface area contributed by atoms with Gasteiger partial charge in [0.15, 0.2) is 5.69 Å². The summed E-state index contributed by atoms with van der Waals surface area (Å²) in [5, 5.41) is 11.1. The van der Waals surface area contributed by atoms with Crippen molar-refractivity contribution >= 4 is 5.91 Å². The van der Waals surface area contributed by atoms with Gasteiger partial charge in [-0.3, -0.25) is 14.6 Å². The quantitative estimate of drug-likeness (QED) is 0.785. The van der Waals surface area contributed by atoms with E-state index in [-0.39, 0.29) is 6.04 Å². The maximum Gasteiger partial charge on any atom is 0.269 e. The molecule has 88 valence electrons. The molecule has 0 bridgehead atoms. The van der Waals surface area contributed by atoms with Gasteiger partial charge in [0.2, 0.25) is 0 Å². The lowest BCUT2D eigenvalue weighted by molar-refractivity contribution is 0.0994. The SMILES string of the molecule is NC(=O)c1n[nH]c2c1CC(n1cccn1)CC2. The number of hydrogen-bond acceptors (Lipinski definition) is 3. The Bertz CT molecular complexity index is 542. The highest BCUT2D eigenvalue weighted by molar-refractivity contribution is 5.92. The number of nitrogens with zero attached hydrogens (tertiary/aromatic N) is 3. The molecule has 17 heavy (non-hydrogen) atoms. The predicted octanol–water partition coefficient (Wildman–Crippen LogP) is 0.435. The van der Waals surface area contributed by atoms with Crippen LogP contribution in [0.25, 0.3) is 0 Å². The first-order valence-corrected chi connectivity index (χ1v) is 5.60. The number of fused-ring (bicyclic) bond motifs is 1. The molecule has 2 aromatic heterocycles. The van der Waals surface area contributed by atoms with Crippen LogP contribution in [0, 0.1) is 0 Å². The zero-order chi connectivity index (χ0) is 11.8. The van der Waals surface area contributed by atoms with E-state index < -0.39 is 5.91 Å². The fourth-order valence-corrected chi connectivity index (χ4v) is 2.40. The highest BCUT2D eigenvalue weighted by atomic mass is 16.1. The van der Waals surface area contributed by atoms with Crippen LogP contribution in [-0.4, -0.2) is 25.9 Å². The summed E-state index contributed by atoms with van der Waals surface area (Å²) >= 11 is 0.